The minimum atomic E-state index is -0.298. The molecule has 0 unspecified atom stereocenters. The molecule has 1 heterocycles. The molecule has 0 amide bonds. The highest BCUT2D eigenvalue weighted by Gasteiger charge is 2.17. The van der Waals surface area contributed by atoms with Gasteiger partial charge in [0.1, 0.15) is 11.6 Å². The minimum absolute atomic E-state index is 0.298. The lowest BCUT2D eigenvalue weighted by molar-refractivity contribution is 0.412. The van der Waals surface area contributed by atoms with Gasteiger partial charge in [-0.15, -0.1) is 0 Å². The fourth-order valence-corrected chi connectivity index (χ4v) is 2.59. The number of para-hydroxylation sites is 1. The van der Waals surface area contributed by atoms with E-state index in [0.29, 0.717) is 16.3 Å². The SMILES string of the molecule is COc1ccc(F)cc1C1=CCc2cccc(Cl)c2N1. The summed E-state index contributed by atoms with van der Waals surface area (Å²) >= 11 is 6.20. The predicted octanol–water partition coefficient (Wildman–Crippen LogP) is 4.50. The lowest BCUT2D eigenvalue weighted by Gasteiger charge is -2.22. The zero-order valence-electron chi connectivity index (χ0n) is 10.9. The molecule has 0 saturated carbocycles. The van der Waals surface area contributed by atoms with Crippen LogP contribution in [0.4, 0.5) is 10.1 Å². The van der Waals surface area contributed by atoms with Crippen LogP contribution in [0.15, 0.2) is 42.5 Å². The van der Waals surface area contributed by atoms with Crippen molar-refractivity contribution < 1.29 is 9.13 Å². The monoisotopic (exact) mass is 289 g/mol. The number of hydrogen-bond acceptors (Lipinski definition) is 2. The number of methoxy groups -OCH3 is 1. The molecule has 102 valence electrons. The number of fused-ring (bicyclic) bond motifs is 1. The van der Waals surface area contributed by atoms with E-state index in [-0.39, 0.29) is 5.82 Å². The summed E-state index contributed by atoms with van der Waals surface area (Å²) in [5, 5.41) is 3.92. The molecule has 0 bridgehead atoms. The Kier molecular flexibility index (Phi) is 3.36. The topological polar surface area (TPSA) is 21.3 Å². The Labute approximate surface area is 121 Å². The normalized spacial score (nSPS) is 13.2. The van der Waals surface area contributed by atoms with Gasteiger partial charge in [-0.25, -0.2) is 4.39 Å². The summed E-state index contributed by atoms with van der Waals surface area (Å²) in [5.41, 5.74) is 3.50. The van der Waals surface area contributed by atoms with E-state index in [0.717, 1.165) is 23.4 Å². The van der Waals surface area contributed by atoms with Crippen LogP contribution in [0, 0.1) is 5.82 Å². The Morgan fingerprint density at radius 2 is 2.10 bits per heavy atom. The van der Waals surface area contributed by atoms with E-state index in [1.165, 1.54) is 12.1 Å². The second kappa shape index (κ2) is 5.17. The summed E-state index contributed by atoms with van der Waals surface area (Å²) in [5.74, 6) is 0.328. The second-order valence-corrected chi connectivity index (χ2v) is 4.97. The predicted molar refractivity (Wildman–Crippen MR) is 79.7 cm³/mol. The molecule has 0 spiro atoms. The number of halogens is 2. The quantitative estimate of drug-likeness (QED) is 0.879. The molecule has 1 aliphatic heterocycles. The van der Waals surface area contributed by atoms with Crippen LogP contribution in [0.1, 0.15) is 11.1 Å². The van der Waals surface area contributed by atoms with Crippen LogP contribution in [0.25, 0.3) is 5.70 Å². The molecule has 1 N–H and O–H groups in total. The van der Waals surface area contributed by atoms with Crippen molar-refractivity contribution in [3.63, 3.8) is 0 Å². The Bertz CT molecular complexity index is 697. The minimum Gasteiger partial charge on any atom is -0.496 e. The zero-order chi connectivity index (χ0) is 14.1. The highest BCUT2D eigenvalue weighted by molar-refractivity contribution is 6.33. The van der Waals surface area contributed by atoms with Crippen LogP contribution in [0.2, 0.25) is 5.02 Å². The van der Waals surface area contributed by atoms with Gasteiger partial charge < -0.3 is 10.1 Å². The molecule has 20 heavy (non-hydrogen) atoms. The van der Waals surface area contributed by atoms with Gasteiger partial charge in [0.2, 0.25) is 0 Å². The molecule has 0 aliphatic carbocycles. The van der Waals surface area contributed by atoms with E-state index >= 15 is 0 Å². The van der Waals surface area contributed by atoms with E-state index in [1.807, 2.05) is 24.3 Å². The smallest absolute Gasteiger partial charge is 0.128 e. The van der Waals surface area contributed by atoms with Gasteiger partial charge in [-0.1, -0.05) is 29.8 Å². The Balaban J connectivity index is 2.04. The Hall–Kier alpha value is -2.00. The maximum Gasteiger partial charge on any atom is 0.128 e. The first-order chi connectivity index (χ1) is 9.69. The van der Waals surface area contributed by atoms with Crippen molar-refractivity contribution in [2.45, 2.75) is 6.42 Å². The fraction of sp³-hybridized carbons (Fsp3) is 0.125. The summed E-state index contributed by atoms with van der Waals surface area (Å²) in [6.07, 6.45) is 2.76. The highest BCUT2D eigenvalue weighted by atomic mass is 35.5. The molecule has 2 aromatic carbocycles. The first kappa shape index (κ1) is 13.0. The van der Waals surface area contributed by atoms with E-state index in [4.69, 9.17) is 16.3 Å². The maximum atomic E-state index is 13.5. The molecule has 0 atom stereocenters. The molecule has 4 heteroatoms. The van der Waals surface area contributed by atoms with Gasteiger partial charge >= 0.3 is 0 Å². The van der Waals surface area contributed by atoms with E-state index in [2.05, 4.69) is 5.32 Å². The van der Waals surface area contributed by atoms with Crippen molar-refractivity contribution >= 4 is 23.0 Å². The van der Waals surface area contributed by atoms with Crippen molar-refractivity contribution in [1.29, 1.82) is 0 Å². The zero-order valence-corrected chi connectivity index (χ0v) is 11.7. The second-order valence-electron chi connectivity index (χ2n) is 4.57. The van der Waals surface area contributed by atoms with Gasteiger partial charge in [-0.3, -0.25) is 0 Å². The summed E-state index contributed by atoms with van der Waals surface area (Å²) in [7, 11) is 1.57. The first-order valence-corrected chi connectivity index (χ1v) is 6.65. The number of anilines is 1. The maximum absolute atomic E-state index is 13.5. The molecule has 0 saturated heterocycles. The lowest BCUT2D eigenvalue weighted by Crippen LogP contribution is -2.09. The molecule has 1 aliphatic rings. The third-order valence-corrected chi connectivity index (χ3v) is 3.65. The van der Waals surface area contributed by atoms with Gasteiger partial charge in [0, 0.05) is 11.3 Å². The van der Waals surface area contributed by atoms with Gasteiger partial charge in [0.05, 0.1) is 17.8 Å². The molecule has 0 fully saturated rings. The molecule has 2 nitrogen and oxygen atoms in total. The van der Waals surface area contributed by atoms with Gasteiger partial charge in [0.15, 0.2) is 0 Å². The van der Waals surface area contributed by atoms with E-state index < -0.39 is 0 Å². The van der Waals surface area contributed by atoms with Crippen LogP contribution in [-0.2, 0) is 6.42 Å². The van der Waals surface area contributed by atoms with Crippen molar-refractivity contribution in [3.05, 3.63) is 64.4 Å². The summed E-state index contributed by atoms with van der Waals surface area (Å²) < 4.78 is 18.8. The summed E-state index contributed by atoms with van der Waals surface area (Å²) in [6.45, 7) is 0. The standard InChI is InChI=1S/C16H13ClFNO/c1-20-15-8-6-11(18)9-12(15)14-7-5-10-3-2-4-13(17)16(10)19-14/h2-4,6-9,19H,5H2,1H3. The van der Waals surface area contributed by atoms with Crippen molar-refractivity contribution in [2.75, 3.05) is 12.4 Å². The van der Waals surface area contributed by atoms with Gasteiger partial charge in [-0.05, 0) is 36.2 Å². The fourth-order valence-electron chi connectivity index (χ4n) is 2.34. The Morgan fingerprint density at radius 3 is 2.90 bits per heavy atom. The third-order valence-electron chi connectivity index (χ3n) is 3.34. The average molecular weight is 290 g/mol. The lowest BCUT2D eigenvalue weighted by atomic mass is 10.0. The van der Waals surface area contributed by atoms with Crippen LogP contribution in [-0.4, -0.2) is 7.11 Å². The van der Waals surface area contributed by atoms with Crippen LogP contribution < -0.4 is 10.1 Å². The molecule has 0 radical (unpaired) electrons. The van der Waals surface area contributed by atoms with Crippen molar-refractivity contribution in [1.82, 2.24) is 0 Å². The number of rotatable bonds is 2. The largest absolute Gasteiger partial charge is 0.496 e. The molecule has 3 rings (SSSR count). The number of benzene rings is 2. The first-order valence-electron chi connectivity index (χ1n) is 6.27. The highest BCUT2D eigenvalue weighted by Crippen LogP contribution is 2.36. The van der Waals surface area contributed by atoms with E-state index in [1.54, 1.807) is 13.2 Å². The van der Waals surface area contributed by atoms with Gasteiger partial charge in [-0.2, -0.15) is 0 Å². The summed E-state index contributed by atoms with van der Waals surface area (Å²) in [6, 6.07) is 10.2. The van der Waals surface area contributed by atoms with Crippen LogP contribution >= 0.6 is 11.6 Å². The van der Waals surface area contributed by atoms with Crippen molar-refractivity contribution in [3.8, 4) is 5.75 Å². The Morgan fingerprint density at radius 1 is 1.25 bits per heavy atom. The number of allylic oxidation sites excluding steroid dienone is 1. The molecular formula is C16H13ClFNO. The van der Waals surface area contributed by atoms with Crippen molar-refractivity contribution in [2.24, 2.45) is 0 Å². The number of hydrogen-bond donors (Lipinski definition) is 1. The van der Waals surface area contributed by atoms with Crippen LogP contribution in [0.5, 0.6) is 5.75 Å². The summed E-state index contributed by atoms with van der Waals surface area (Å²) in [4.78, 5) is 0. The molecule has 2 aromatic rings. The molecule has 0 aromatic heterocycles. The average Bonchev–Trinajstić information content (AvgIpc) is 2.47. The number of nitrogens with one attached hydrogen (secondary N) is 1. The number of ether oxygens (including phenoxy) is 1. The molecular weight excluding hydrogens is 277 g/mol. The van der Waals surface area contributed by atoms with Gasteiger partial charge in [0.25, 0.3) is 0 Å². The third kappa shape index (κ3) is 2.25. The van der Waals surface area contributed by atoms with E-state index in [9.17, 15) is 4.39 Å². The van der Waals surface area contributed by atoms with Crippen LogP contribution in [0.3, 0.4) is 0 Å².